The number of benzene rings is 1. The Balaban J connectivity index is 0.00000288. The van der Waals surface area contributed by atoms with Crippen LogP contribution in [0.5, 0.6) is 0 Å². The lowest BCUT2D eigenvalue weighted by Gasteiger charge is -2.22. The van der Waals surface area contributed by atoms with Crippen molar-refractivity contribution >= 4 is 12.4 Å². The molecule has 6 heteroatoms. The Morgan fingerprint density at radius 2 is 1.62 bits per heavy atom. The first-order valence-corrected chi connectivity index (χ1v) is 7.44. The highest BCUT2D eigenvalue weighted by molar-refractivity contribution is 5.85. The zero-order chi connectivity index (χ0) is 17.3. The van der Waals surface area contributed by atoms with Gasteiger partial charge >= 0.3 is 6.18 Å². The smallest absolute Gasteiger partial charge is 0.319 e. The van der Waals surface area contributed by atoms with Crippen LogP contribution in [-0.2, 0) is 12.6 Å². The lowest BCUT2D eigenvalue weighted by molar-refractivity contribution is -0.137. The van der Waals surface area contributed by atoms with Crippen LogP contribution in [0, 0.1) is 5.41 Å². The van der Waals surface area contributed by atoms with Crippen LogP contribution >= 0.6 is 12.4 Å². The molecule has 1 aromatic heterocycles. The largest absolute Gasteiger partial charge is 0.416 e. The van der Waals surface area contributed by atoms with Crippen molar-refractivity contribution in [1.82, 2.24) is 4.98 Å². The van der Waals surface area contributed by atoms with Gasteiger partial charge in [0.1, 0.15) is 0 Å². The zero-order valence-electron chi connectivity index (χ0n) is 13.9. The van der Waals surface area contributed by atoms with Gasteiger partial charge in [-0.2, -0.15) is 13.2 Å². The molecule has 0 aliphatic rings. The zero-order valence-corrected chi connectivity index (χ0v) is 14.7. The van der Waals surface area contributed by atoms with Gasteiger partial charge in [-0.05, 0) is 41.2 Å². The third-order valence-electron chi connectivity index (χ3n) is 3.54. The van der Waals surface area contributed by atoms with Crippen LogP contribution < -0.4 is 5.73 Å². The number of hydrogen-bond acceptors (Lipinski definition) is 2. The fourth-order valence-electron chi connectivity index (χ4n) is 2.49. The Morgan fingerprint density at radius 1 is 1.04 bits per heavy atom. The molecule has 0 bridgehead atoms. The summed E-state index contributed by atoms with van der Waals surface area (Å²) in [5.41, 5.74) is 7.99. The summed E-state index contributed by atoms with van der Waals surface area (Å²) < 4.78 is 37.9. The number of rotatable bonds is 3. The number of hydrogen-bond donors (Lipinski definition) is 1. The third-order valence-corrected chi connectivity index (χ3v) is 3.54. The average molecular weight is 359 g/mol. The van der Waals surface area contributed by atoms with E-state index in [1.165, 1.54) is 12.1 Å². The van der Waals surface area contributed by atoms with Crippen molar-refractivity contribution in [2.45, 2.75) is 39.4 Å². The summed E-state index contributed by atoms with van der Waals surface area (Å²) in [7, 11) is 0. The Kier molecular flexibility index (Phi) is 6.42. The van der Waals surface area contributed by atoms with E-state index in [1.54, 1.807) is 6.20 Å². The van der Waals surface area contributed by atoms with Crippen LogP contribution in [0.4, 0.5) is 13.2 Å². The molecule has 0 aliphatic carbocycles. The molecule has 1 heterocycles. The van der Waals surface area contributed by atoms with E-state index < -0.39 is 17.8 Å². The van der Waals surface area contributed by atoms with Gasteiger partial charge in [0.2, 0.25) is 0 Å². The Bertz CT molecular complexity index is 661. The molecule has 0 radical (unpaired) electrons. The molecule has 1 aromatic carbocycles. The normalized spacial score (nSPS) is 13.3. The first-order valence-electron chi connectivity index (χ1n) is 7.44. The van der Waals surface area contributed by atoms with Gasteiger partial charge in [-0.1, -0.05) is 39.0 Å². The van der Waals surface area contributed by atoms with E-state index in [0.29, 0.717) is 11.3 Å². The SMILES string of the molecule is CC(C)(C)Cc1cccnc1C(N)c1ccc(C(F)(F)F)cc1.Cl. The summed E-state index contributed by atoms with van der Waals surface area (Å²) >= 11 is 0. The number of halogens is 4. The maximum atomic E-state index is 12.6. The molecule has 1 unspecified atom stereocenters. The van der Waals surface area contributed by atoms with Gasteiger partial charge in [0.15, 0.2) is 0 Å². The first kappa shape index (κ1) is 20.5. The molecule has 2 aromatic rings. The molecule has 132 valence electrons. The molecule has 2 N–H and O–H groups in total. The second-order valence-electron chi connectivity index (χ2n) is 6.88. The van der Waals surface area contributed by atoms with Gasteiger partial charge in [-0.25, -0.2) is 0 Å². The molecular weight excluding hydrogens is 337 g/mol. The summed E-state index contributed by atoms with van der Waals surface area (Å²) in [6, 6.07) is 8.23. The second kappa shape index (κ2) is 7.53. The lowest BCUT2D eigenvalue weighted by atomic mass is 9.86. The minimum Gasteiger partial charge on any atom is -0.319 e. The number of aromatic nitrogens is 1. The molecule has 1 atom stereocenters. The molecule has 0 fully saturated rings. The van der Waals surface area contributed by atoms with Crippen LogP contribution in [0.25, 0.3) is 0 Å². The van der Waals surface area contributed by atoms with Crippen molar-refractivity contribution < 1.29 is 13.2 Å². The molecule has 0 saturated carbocycles. The Morgan fingerprint density at radius 3 is 2.12 bits per heavy atom. The number of nitrogens with zero attached hydrogens (tertiary/aromatic N) is 1. The van der Waals surface area contributed by atoms with Crippen LogP contribution in [0.3, 0.4) is 0 Å². The molecule has 2 rings (SSSR count). The number of alkyl halides is 3. The summed E-state index contributed by atoms with van der Waals surface area (Å²) in [5, 5.41) is 0. The summed E-state index contributed by atoms with van der Waals surface area (Å²) in [4.78, 5) is 4.36. The minimum atomic E-state index is -4.34. The highest BCUT2D eigenvalue weighted by Gasteiger charge is 2.30. The quantitative estimate of drug-likeness (QED) is 0.823. The molecule has 0 aliphatic heterocycles. The Labute approximate surface area is 146 Å². The third kappa shape index (κ3) is 5.21. The number of pyridine rings is 1. The molecule has 2 nitrogen and oxygen atoms in total. The van der Waals surface area contributed by atoms with Crippen molar-refractivity contribution in [3.63, 3.8) is 0 Å². The van der Waals surface area contributed by atoms with Crippen molar-refractivity contribution in [3.8, 4) is 0 Å². The maximum absolute atomic E-state index is 12.6. The average Bonchev–Trinajstić information content (AvgIpc) is 2.45. The van der Waals surface area contributed by atoms with Gasteiger partial charge in [0.05, 0.1) is 17.3 Å². The van der Waals surface area contributed by atoms with E-state index >= 15 is 0 Å². The van der Waals surface area contributed by atoms with E-state index in [0.717, 1.165) is 24.1 Å². The van der Waals surface area contributed by atoms with E-state index in [1.807, 2.05) is 12.1 Å². The predicted octanol–water partition coefficient (Wildman–Crippen LogP) is 5.16. The lowest BCUT2D eigenvalue weighted by Crippen LogP contribution is -2.19. The molecule has 0 saturated heterocycles. The molecule has 0 spiro atoms. The van der Waals surface area contributed by atoms with Crippen molar-refractivity contribution in [1.29, 1.82) is 0 Å². The fourth-order valence-corrected chi connectivity index (χ4v) is 2.49. The van der Waals surface area contributed by atoms with Crippen LogP contribution in [0.15, 0.2) is 42.6 Å². The monoisotopic (exact) mass is 358 g/mol. The highest BCUT2D eigenvalue weighted by Crippen LogP contribution is 2.31. The summed E-state index contributed by atoms with van der Waals surface area (Å²) in [6.45, 7) is 6.36. The van der Waals surface area contributed by atoms with Crippen LogP contribution in [0.2, 0.25) is 0 Å². The van der Waals surface area contributed by atoms with Gasteiger partial charge < -0.3 is 5.73 Å². The Hall–Kier alpha value is -1.59. The van der Waals surface area contributed by atoms with E-state index in [4.69, 9.17) is 5.73 Å². The molecule has 24 heavy (non-hydrogen) atoms. The van der Waals surface area contributed by atoms with Gasteiger partial charge in [0.25, 0.3) is 0 Å². The van der Waals surface area contributed by atoms with Gasteiger partial charge in [-0.15, -0.1) is 12.4 Å². The van der Waals surface area contributed by atoms with Crippen molar-refractivity contribution in [2.75, 3.05) is 0 Å². The van der Waals surface area contributed by atoms with Crippen molar-refractivity contribution in [2.24, 2.45) is 11.1 Å². The van der Waals surface area contributed by atoms with Crippen LogP contribution in [0.1, 0.15) is 49.2 Å². The maximum Gasteiger partial charge on any atom is 0.416 e. The second-order valence-corrected chi connectivity index (χ2v) is 6.88. The minimum absolute atomic E-state index is 0. The van der Waals surface area contributed by atoms with E-state index in [-0.39, 0.29) is 17.8 Å². The van der Waals surface area contributed by atoms with Crippen LogP contribution in [-0.4, -0.2) is 4.98 Å². The van der Waals surface area contributed by atoms with Crippen molar-refractivity contribution in [3.05, 3.63) is 65.0 Å². The fraction of sp³-hybridized carbons (Fsp3) is 0.389. The summed E-state index contributed by atoms with van der Waals surface area (Å²) in [5.74, 6) is 0. The first-order chi connectivity index (χ1) is 10.6. The van der Waals surface area contributed by atoms with E-state index in [2.05, 4.69) is 25.8 Å². The predicted molar refractivity (Wildman–Crippen MR) is 92.1 cm³/mol. The van der Waals surface area contributed by atoms with E-state index in [9.17, 15) is 13.2 Å². The molecular formula is C18H22ClF3N2. The highest BCUT2D eigenvalue weighted by atomic mass is 35.5. The topological polar surface area (TPSA) is 38.9 Å². The molecule has 0 amide bonds. The standard InChI is InChI=1S/C18H21F3N2.ClH/c1-17(2,3)11-13-5-4-10-23-16(13)15(22)12-6-8-14(9-7-12)18(19,20)21;/h4-10,15H,11,22H2,1-3H3;1H. The van der Waals surface area contributed by atoms with Gasteiger partial charge in [0, 0.05) is 6.20 Å². The number of nitrogens with two attached hydrogens (primary N) is 1. The summed E-state index contributed by atoms with van der Waals surface area (Å²) in [6.07, 6.45) is -1.89. The van der Waals surface area contributed by atoms with Gasteiger partial charge in [-0.3, -0.25) is 4.98 Å².